The highest BCUT2D eigenvalue weighted by molar-refractivity contribution is 6.07. The van der Waals surface area contributed by atoms with Crippen LogP contribution >= 0.6 is 0 Å². The van der Waals surface area contributed by atoms with E-state index in [1.165, 1.54) is 11.1 Å². The summed E-state index contributed by atoms with van der Waals surface area (Å²) in [6.45, 7) is 2.88. The van der Waals surface area contributed by atoms with E-state index >= 15 is 0 Å². The second-order valence-electron chi connectivity index (χ2n) is 9.98. The van der Waals surface area contributed by atoms with Gasteiger partial charge in [-0.05, 0) is 49.8 Å². The van der Waals surface area contributed by atoms with Crippen LogP contribution in [0.3, 0.4) is 0 Å². The molecule has 2 aliphatic carbocycles. The van der Waals surface area contributed by atoms with Crippen LogP contribution in [0.25, 0.3) is 10.9 Å². The van der Waals surface area contributed by atoms with E-state index in [4.69, 9.17) is 0 Å². The number of benzene rings is 2. The minimum absolute atomic E-state index is 0.207. The van der Waals surface area contributed by atoms with Gasteiger partial charge in [-0.3, -0.25) is 9.59 Å². The predicted molar refractivity (Wildman–Crippen MR) is 134 cm³/mol. The Hall–Kier alpha value is -3.40. The molecule has 172 valence electrons. The first-order valence-electron chi connectivity index (χ1n) is 12.4. The number of carbonyl (C=O) groups excluding carboxylic acids is 2. The van der Waals surface area contributed by atoms with Gasteiger partial charge in [0.15, 0.2) is 11.6 Å². The van der Waals surface area contributed by atoms with Gasteiger partial charge in [-0.25, -0.2) is 0 Å². The number of rotatable bonds is 3. The summed E-state index contributed by atoms with van der Waals surface area (Å²) in [5.41, 5.74) is 8.72. The molecule has 0 N–H and O–H groups in total. The summed E-state index contributed by atoms with van der Waals surface area (Å²) in [4.78, 5) is 29.0. The van der Waals surface area contributed by atoms with Crippen molar-refractivity contribution >= 4 is 22.5 Å². The average molecular weight is 451 g/mol. The standard InChI is InChI=1S/C30H30N2O2/c1-19-8-5-9-20(16-19)17-32-18-22(21-10-3-4-11-23(21)32)28-29-24(12-6-14-26(29)33)31(2)25-13-7-15-27(34)30(25)28/h3-5,8-11,16,18,28H,6-7,12-15,17H2,1-2H3. The molecule has 6 rings (SSSR count). The van der Waals surface area contributed by atoms with Gasteiger partial charge in [0.05, 0.1) is 0 Å². The Balaban J connectivity index is 1.57. The molecule has 0 bridgehead atoms. The van der Waals surface area contributed by atoms with Crippen LogP contribution in [0.1, 0.15) is 61.1 Å². The molecule has 3 aromatic rings. The average Bonchev–Trinajstić information content (AvgIpc) is 3.18. The first-order valence-corrected chi connectivity index (χ1v) is 12.4. The van der Waals surface area contributed by atoms with E-state index < -0.39 is 0 Å². The minimum atomic E-state index is -0.259. The quantitative estimate of drug-likeness (QED) is 0.488. The zero-order valence-electron chi connectivity index (χ0n) is 19.9. The summed E-state index contributed by atoms with van der Waals surface area (Å²) in [7, 11) is 2.05. The zero-order valence-corrected chi connectivity index (χ0v) is 19.9. The van der Waals surface area contributed by atoms with Crippen LogP contribution in [0.15, 0.2) is 77.3 Å². The molecule has 4 heteroatoms. The summed E-state index contributed by atoms with van der Waals surface area (Å²) < 4.78 is 2.29. The number of aryl methyl sites for hydroxylation is 1. The molecule has 0 spiro atoms. The smallest absolute Gasteiger partial charge is 0.161 e. The van der Waals surface area contributed by atoms with Gasteiger partial charge in [-0.1, -0.05) is 48.0 Å². The summed E-state index contributed by atoms with van der Waals surface area (Å²) in [5.74, 6) is 0.155. The van der Waals surface area contributed by atoms with E-state index in [1.807, 2.05) is 0 Å². The normalized spacial score (nSPS) is 19.2. The Morgan fingerprint density at radius 2 is 1.53 bits per heavy atom. The fourth-order valence-electron chi connectivity index (χ4n) is 6.31. The number of fused-ring (bicyclic) bond motifs is 1. The maximum absolute atomic E-state index is 13.4. The van der Waals surface area contributed by atoms with Gasteiger partial charge in [0.25, 0.3) is 0 Å². The second kappa shape index (κ2) is 8.12. The maximum atomic E-state index is 13.4. The van der Waals surface area contributed by atoms with Crippen molar-refractivity contribution in [3.05, 3.63) is 94.0 Å². The van der Waals surface area contributed by atoms with Crippen molar-refractivity contribution in [1.82, 2.24) is 9.47 Å². The molecule has 3 aliphatic rings. The van der Waals surface area contributed by atoms with Gasteiger partial charge in [0, 0.05) is 72.0 Å². The van der Waals surface area contributed by atoms with E-state index in [0.717, 1.165) is 71.2 Å². The number of hydrogen-bond donors (Lipinski definition) is 0. The fourth-order valence-corrected chi connectivity index (χ4v) is 6.31. The lowest BCUT2D eigenvalue weighted by molar-refractivity contribution is -0.117. The number of Topliss-reactive ketones (excluding diaryl/α,β-unsaturated/α-hetero) is 2. The van der Waals surface area contributed by atoms with Crippen LogP contribution in [-0.2, 0) is 16.1 Å². The van der Waals surface area contributed by atoms with Crippen molar-refractivity contribution in [2.24, 2.45) is 0 Å². The van der Waals surface area contributed by atoms with E-state index in [-0.39, 0.29) is 17.5 Å². The minimum Gasteiger partial charge on any atom is -0.351 e. The Morgan fingerprint density at radius 1 is 0.853 bits per heavy atom. The van der Waals surface area contributed by atoms with Crippen molar-refractivity contribution < 1.29 is 9.59 Å². The first kappa shape index (κ1) is 21.2. The number of aromatic nitrogens is 1. The number of para-hydroxylation sites is 1. The van der Waals surface area contributed by atoms with Gasteiger partial charge < -0.3 is 9.47 Å². The van der Waals surface area contributed by atoms with Crippen molar-refractivity contribution in [2.45, 2.75) is 57.9 Å². The Kier molecular flexibility index (Phi) is 5.05. The zero-order chi connectivity index (χ0) is 23.4. The number of hydrogen-bond acceptors (Lipinski definition) is 3. The molecule has 0 fully saturated rings. The predicted octanol–water partition coefficient (Wildman–Crippen LogP) is 6.04. The van der Waals surface area contributed by atoms with Gasteiger partial charge in [0.1, 0.15) is 0 Å². The van der Waals surface area contributed by atoms with E-state index in [9.17, 15) is 9.59 Å². The molecule has 0 atom stereocenters. The van der Waals surface area contributed by atoms with Crippen molar-refractivity contribution in [1.29, 1.82) is 0 Å². The van der Waals surface area contributed by atoms with Gasteiger partial charge in [-0.2, -0.15) is 0 Å². The summed E-state index contributed by atoms with van der Waals surface area (Å²) in [6, 6.07) is 17.0. The molecule has 0 saturated heterocycles. The Bertz CT molecular complexity index is 1360. The Labute approximate surface area is 200 Å². The van der Waals surface area contributed by atoms with Crippen LogP contribution < -0.4 is 0 Å². The SMILES string of the molecule is Cc1cccc(Cn2cc(C3C4=C(CCCC4=O)N(C)C4=C3C(=O)CCC4)c3ccccc32)c1. The van der Waals surface area contributed by atoms with Gasteiger partial charge in [-0.15, -0.1) is 0 Å². The van der Waals surface area contributed by atoms with Crippen LogP contribution in [0, 0.1) is 6.92 Å². The van der Waals surface area contributed by atoms with Crippen molar-refractivity contribution in [3.63, 3.8) is 0 Å². The van der Waals surface area contributed by atoms with Crippen LogP contribution in [-0.4, -0.2) is 28.1 Å². The molecule has 1 aliphatic heterocycles. The van der Waals surface area contributed by atoms with E-state index in [1.54, 1.807) is 0 Å². The summed E-state index contributed by atoms with van der Waals surface area (Å²) >= 11 is 0. The largest absolute Gasteiger partial charge is 0.351 e. The molecule has 1 aromatic heterocycles. The fraction of sp³-hybridized carbons (Fsp3) is 0.333. The van der Waals surface area contributed by atoms with Gasteiger partial charge >= 0.3 is 0 Å². The molecular formula is C30H30N2O2. The lowest BCUT2D eigenvalue weighted by Gasteiger charge is -2.42. The highest BCUT2D eigenvalue weighted by atomic mass is 16.1. The lowest BCUT2D eigenvalue weighted by Crippen LogP contribution is -2.37. The molecule has 4 nitrogen and oxygen atoms in total. The lowest BCUT2D eigenvalue weighted by atomic mass is 9.71. The van der Waals surface area contributed by atoms with E-state index in [0.29, 0.717) is 12.8 Å². The third kappa shape index (κ3) is 3.27. The highest BCUT2D eigenvalue weighted by Crippen LogP contribution is 2.50. The van der Waals surface area contributed by atoms with Crippen molar-refractivity contribution in [3.8, 4) is 0 Å². The monoisotopic (exact) mass is 450 g/mol. The second-order valence-corrected chi connectivity index (χ2v) is 9.98. The van der Waals surface area contributed by atoms with E-state index in [2.05, 4.69) is 78.2 Å². The molecule has 2 heterocycles. The number of nitrogens with zero attached hydrogens (tertiary/aromatic N) is 2. The maximum Gasteiger partial charge on any atom is 0.161 e. The highest BCUT2D eigenvalue weighted by Gasteiger charge is 2.43. The summed E-state index contributed by atoms with van der Waals surface area (Å²) in [6.07, 6.45) is 6.94. The topological polar surface area (TPSA) is 42.3 Å². The van der Waals surface area contributed by atoms with Crippen molar-refractivity contribution in [2.75, 3.05) is 7.05 Å². The number of ketones is 2. The first-order chi connectivity index (χ1) is 16.5. The molecule has 0 amide bonds. The molecule has 0 unspecified atom stereocenters. The summed E-state index contributed by atoms with van der Waals surface area (Å²) in [5, 5.41) is 1.14. The van der Waals surface area contributed by atoms with Crippen LogP contribution in [0.2, 0.25) is 0 Å². The van der Waals surface area contributed by atoms with Crippen LogP contribution in [0.5, 0.6) is 0 Å². The number of carbonyl (C=O) groups is 2. The molecular weight excluding hydrogens is 420 g/mol. The Morgan fingerprint density at radius 3 is 2.21 bits per heavy atom. The third-order valence-electron chi connectivity index (χ3n) is 7.81. The molecule has 0 saturated carbocycles. The molecule has 0 radical (unpaired) electrons. The number of allylic oxidation sites excluding steroid dienone is 4. The molecule has 2 aromatic carbocycles. The molecule has 34 heavy (non-hydrogen) atoms. The third-order valence-corrected chi connectivity index (χ3v) is 7.81. The van der Waals surface area contributed by atoms with Crippen LogP contribution in [0.4, 0.5) is 0 Å². The van der Waals surface area contributed by atoms with Gasteiger partial charge in [0.2, 0.25) is 0 Å².